The molecule has 6 nitrogen and oxygen atoms in total. The van der Waals surface area contributed by atoms with E-state index >= 15 is 0 Å². The molecule has 1 atom stereocenters. The summed E-state index contributed by atoms with van der Waals surface area (Å²) >= 11 is 0. The van der Waals surface area contributed by atoms with Gasteiger partial charge in [0.15, 0.2) is 5.82 Å². The fraction of sp³-hybridized carbons (Fsp3) is 0.667. The maximum absolute atomic E-state index is 5.39. The molecular weight excluding hydrogens is 230 g/mol. The van der Waals surface area contributed by atoms with Crippen molar-refractivity contribution < 1.29 is 4.74 Å². The first-order chi connectivity index (χ1) is 8.69. The lowest BCUT2D eigenvalue weighted by molar-refractivity contribution is 0.178. The van der Waals surface area contributed by atoms with E-state index in [9.17, 15) is 0 Å². The number of nitrogens with zero attached hydrogens (tertiary/aromatic N) is 2. The van der Waals surface area contributed by atoms with E-state index in [0.29, 0.717) is 24.3 Å². The highest BCUT2D eigenvalue weighted by atomic mass is 16.5. The number of unbranched alkanes of at least 4 members (excludes halogenated alkanes) is 1. The molecule has 1 aromatic rings. The summed E-state index contributed by atoms with van der Waals surface area (Å²) in [5, 5.41) is 3.35. The molecule has 1 unspecified atom stereocenters. The van der Waals surface area contributed by atoms with Crippen LogP contribution in [0.2, 0.25) is 0 Å². The summed E-state index contributed by atoms with van der Waals surface area (Å²) in [7, 11) is 1.61. The summed E-state index contributed by atoms with van der Waals surface area (Å²) in [5.74, 6) is 7.35. The fourth-order valence-corrected chi connectivity index (χ4v) is 1.67. The van der Waals surface area contributed by atoms with E-state index in [0.717, 1.165) is 12.2 Å². The van der Waals surface area contributed by atoms with Crippen molar-refractivity contribution in [3.8, 4) is 0 Å². The van der Waals surface area contributed by atoms with Gasteiger partial charge < -0.3 is 15.5 Å². The Kier molecular flexibility index (Phi) is 6.38. The topological polar surface area (TPSA) is 85.1 Å². The van der Waals surface area contributed by atoms with E-state index in [4.69, 9.17) is 10.6 Å². The molecule has 102 valence electrons. The van der Waals surface area contributed by atoms with E-state index in [1.54, 1.807) is 13.2 Å². The number of rotatable bonds is 8. The van der Waals surface area contributed by atoms with Gasteiger partial charge in [0.1, 0.15) is 18.2 Å². The van der Waals surface area contributed by atoms with Crippen molar-refractivity contribution >= 4 is 11.6 Å². The van der Waals surface area contributed by atoms with Gasteiger partial charge in [-0.25, -0.2) is 15.8 Å². The molecule has 6 heteroatoms. The van der Waals surface area contributed by atoms with Crippen LogP contribution in [0.4, 0.5) is 11.6 Å². The summed E-state index contributed by atoms with van der Waals surface area (Å²) in [6.45, 7) is 4.70. The first-order valence-electron chi connectivity index (χ1n) is 6.29. The molecule has 1 rings (SSSR count). The van der Waals surface area contributed by atoms with E-state index in [1.807, 2.05) is 0 Å². The predicted molar refractivity (Wildman–Crippen MR) is 73.2 cm³/mol. The van der Waals surface area contributed by atoms with Gasteiger partial charge in [0, 0.05) is 19.2 Å². The van der Waals surface area contributed by atoms with Crippen LogP contribution in [0.25, 0.3) is 0 Å². The Balaban J connectivity index is 2.71. The average Bonchev–Trinajstić information content (AvgIpc) is 2.36. The average molecular weight is 253 g/mol. The number of hydrazine groups is 1. The lowest BCUT2D eigenvalue weighted by Crippen LogP contribution is -2.18. The van der Waals surface area contributed by atoms with E-state index in [1.165, 1.54) is 12.8 Å². The second kappa shape index (κ2) is 7.84. The minimum atomic E-state index is 0.369. The van der Waals surface area contributed by atoms with Crippen LogP contribution in [-0.2, 0) is 11.3 Å². The van der Waals surface area contributed by atoms with Crippen LogP contribution in [0.3, 0.4) is 0 Å². The SMILES string of the molecule is CCCCC(C)Nc1cc(NN)nc(COC)n1. The molecular formula is C12H23N5O. The summed E-state index contributed by atoms with van der Waals surface area (Å²) in [5.41, 5.74) is 2.54. The Labute approximate surface area is 108 Å². The zero-order valence-corrected chi connectivity index (χ0v) is 11.4. The van der Waals surface area contributed by atoms with Crippen molar-refractivity contribution in [2.24, 2.45) is 5.84 Å². The summed E-state index contributed by atoms with van der Waals surface area (Å²) in [6.07, 6.45) is 3.51. The highest BCUT2D eigenvalue weighted by molar-refractivity contribution is 5.47. The van der Waals surface area contributed by atoms with Crippen molar-refractivity contribution in [2.75, 3.05) is 17.9 Å². The molecule has 1 heterocycles. The van der Waals surface area contributed by atoms with Crippen LogP contribution in [0.5, 0.6) is 0 Å². The molecule has 0 spiro atoms. The molecule has 0 aliphatic rings. The van der Waals surface area contributed by atoms with Crippen LogP contribution in [-0.4, -0.2) is 23.1 Å². The Morgan fingerprint density at radius 3 is 2.72 bits per heavy atom. The molecule has 0 aliphatic heterocycles. The lowest BCUT2D eigenvalue weighted by atomic mass is 10.1. The number of nitrogen functional groups attached to an aromatic ring is 1. The maximum atomic E-state index is 5.39. The molecule has 0 aromatic carbocycles. The Bertz CT molecular complexity index is 358. The molecule has 0 saturated heterocycles. The molecule has 0 aliphatic carbocycles. The molecule has 1 aromatic heterocycles. The standard InChI is InChI=1S/C12H23N5O/c1-4-5-6-9(2)14-10-7-11(17-13)16-12(15-10)8-18-3/h7,9H,4-6,8,13H2,1-3H3,(H2,14,15,16,17). The number of ether oxygens (including phenoxy) is 1. The minimum absolute atomic E-state index is 0.369. The Hall–Kier alpha value is -1.40. The van der Waals surface area contributed by atoms with Crippen molar-refractivity contribution in [1.82, 2.24) is 9.97 Å². The molecule has 0 amide bonds. The zero-order valence-electron chi connectivity index (χ0n) is 11.4. The molecule has 0 bridgehead atoms. The van der Waals surface area contributed by atoms with Crippen molar-refractivity contribution in [1.29, 1.82) is 0 Å². The fourth-order valence-electron chi connectivity index (χ4n) is 1.67. The Morgan fingerprint density at radius 2 is 2.11 bits per heavy atom. The van der Waals surface area contributed by atoms with Crippen LogP contribution in [0.1, 0.15) is 38.9 Å². The van der Waals surface area contributed by atoms with Crippen LogP contribution in [0.15, 0.2) is 6.07 Å². The zero-order chi connectivity index (χ0) is 13.4. The highest BCUT2D eigenvalue weighted by Crippen LogP contribution is 2.13. The monoisotopic (exact) mass is 253 g/mol. The Morgan fingerprint density at radius 1 is 1.39 bits per heavy atom. The second-order valence-corrected chi connectivity index (χ2v) is 4.32. The molecule has 18 heavy (non-hydrogen) atoms. The third-order valence-corrected chi connectivity index (χ3v) is 2.58. The number of hydrogen-bond donors (Lipinski definition) is 3. The normalized spacial score (nSPS) is 12.2. The largest absolute Gasteiger partial charge is 0.377 e. The number of nitrogens with two attached hydrogens (primary N) is 1. The molecule has 0 fully saturated rings. The van der Waals surface area contributed by atoms with Gasteiger partial charge in [-0.2, -0.15) is 0 Å². The third kappa shape index (κ3) is 4.85. The van der Waals surface area contributed by atoms with Gasteiger partial charge in [0.05, 0.1) is 0 Å². The number of nitrogens with one attached hydrogen (secondary N) is 2. The van der Waals surface area contributed by atoms with Gasteiger partial charge in [0.2, 0.25) is 0 Å². The first-order valence-corrected chi connectivity index (χ1v) is 6.29. The second-order valence-electron chi connectivity index (χ2n) is 4.32. The number of anilines is 2. The lowest BCUT2D eigenvalue weighted by Gasteiger charge is -2.15. The van der Waals surface area contributed by atoms with E-state index in [-0.39, 0.29) is 0 Å². The number of aromatic nitrogens is 2. The van der Waals surface area contributed by atoms with Gasteiger partial charge in [-0.1, -0.05) is 19.8 Å². The first kappa shape index (κ1) is 14.7. The van der Waals surface area contributed by atoms with Crippen molar-refractivity contribution in [3.63, 3.8) is 0 Å². The van der Waals surface area contributed by atoms with Crippen molar-refractivity contribution in [2.45, 2.75) is 45.8 Å². The van der Waals surface area contributed by atoms with E-state index in [2.05, 4.69) is 34.6 Å². The van der Waals surface area contributed by atoms with Crippen LogP contribution >= 0.6 is 0 Å². The summed E-state index contributed by atoms with van der Waals surface area (Å²) < 4.78 is 5.03. The van der Waals surface area contributed by atoms with Crippen LogP contribution in [0, 0.1) is 0 Å². The molecule has 0 saturated carbocycles. The van der Waals surface area contributed by atoms with Gasteiger partial charge in [-0.3, -0.25) is 0 Å². The smallest absolute Gasteiger partial charge is 0.158 e. The third-order valence-electron chi connectivity index (χ3n) is 2.58. The van der Waals surface area contributed by atoms with Gasteiger partial charge in [0.25, 0.3) is 0 Å². The van der Waals surface area contributed by atoms with Gasteiger partial charge in [-0.15, -0.1) is 0 Å². The van der Waals surface area contributed by atoms with E-state index < -0.39 is 0 Å². The highest BCUT2D eigenvalue weighted by Gasteiger charge is 2.07. The minimum Gasteiger partial charge on any atom is -0.377 e. The van der Waals surface area contributed by atoms with Crippen molar-refractivity contribution in [3.05, 3.63) is 11.9 Å². The van der Waals surface area contributed by atoms with Crippen LogP contribution < -0.4 is 16.6 Å². The summed E-state index contributed by atoms with van der Waals surface area (Å²) in [6, 6.07) is 2.17. The quantitative estimate of drug-likeness (QED) is 0.484. The summed E-state index contributed by atoms with van der Waals surface area (Å²) in [4.78, 5) is 8.58. The van der Waals surface area contributed by atoms with Gasteiger partial charge in [-0.05, 0) is 13.3 Å². The number of hydrogen-bond acceptors (Lipinski definition) is 6. The molecule has 4 N–H and O–H groups in total. The number of methoxy groups -OCH3 is 1. The molecule has 0 radical (unpaired) electrons. The van der Waals surface area contributed by atoms with Gasteiger partial charge >= 0.3 is 0 Å². The predicted octanol–water partition coefficient (Wildman–Crippen LogP) is 1.90. The maximum Gasteiger partial charge on any atom is 0.158 e.